The Labute approximate surface area is 157 Å². The Hall–Kier alpha value is -3.15. The van der Waals surface area contributed by atoms with E-state index >= 15 is 0 Å². The maximum absolute atomic E-state index is 12.5. The van der Waals surface area contributed by atoms with Crippen LogP contribution in [0.5, 0.6) is 5.75 Å². The third kappa shape index (κ3) is 4.53. The number of fused-ring (bicyclic) bond motifs is 1. The van der Waals surface area contributed by atoms with Crippen LogP contribution in [-0.2, 0) is 17.8 Å². The molecule has 3 rings (SSSR count). The molecule has 0 aliphatic rings. The molecular formula is C21H23N3O3. The number of para-hydroxylation sites is 2. The van der Waals surface area contributed by atoms with Crippen molar-refractivity contribution in [1.29, 1.82) is 0 Å². The number of aryl methyl sites for hydroxylation is 1. The van der Waals surface area contributed by atoms with Crippen molar-refractivity contribution in [2.24, 2.45) is 0 Å². The number of amides is 1. The molecule has 1 heterocycles. The van der Waals surface area contributed by atoms with Crippen molar-refractivity contribution in [3.63, 3.8) is 0 Å². The van der Waals surface area contributed by atoms with Gasteiger partial charge in [0.05, 0.1) is 24.1 Å². The van der Waals surface area contributed by atoms with E-state index in [0.29, 0.717) is 36.2 Å². The van der Waals surface area contributed by atoms with Crippen LogP contribution in [0.4, 0.5) is 0 Å². The molecule has 0 fully saturated rings. The summed E-state index contributed by atoms with van der Waals surface area (Å²) in [5, 5.41) is 0.544. The maximum Gasteiger partial charge on any atom is 0.258 e. The molecule has 0 radical (unpaired) electrons. The Balaban J connectivity index is 1.65. The summed E-state index contributed by atoms with van der Waals surface area (Å²) >= 11 is 0. The highest BCUT2D eigenvalue weighted by Crippen LogP contribution is 2.20. The van der Waals surface area contributed by atoms with Crippen molar-refractivity contribution in [2.75, 3.05) is 13.7 Å². The number of aromatic amines is 1. The lowest BCUT2D eigenvalue weighted by Gasteiger charge is -2.17. The molecule has 0 aliphatic carbocycles. The van der Waals surface area contributed by atoms with Gasteiger partial charge in [0.15, 0.2) is 0 Å². The molecule has 1 N–H and O–H groups in total. The first-order valence-corrected chi connectivity index (χ1v) is 9.01. The minimum atomic E-state index is -0.193. The molecule has 1 amide bonds. The number of rotatable bonds is 7. The van der Waals surface area contributed by atoms with Gasteiger partial charge in [0, 0.05) is 13.5 Å². The van der Waals surface area contributed by atoms with Gasteiger partial charge in [0.25, 0.3) is 5.56 Å². The summed E-state index contributed by atoms with van der Waals surface area (Å²) in [4.78, 5) is 33.4. The number of aromatic nitrogens is 2. The zero-order valence-corrected chi connectivity index (χ0v) is 15.6. The number of nitrogens with zero attached hydrogens (tertiary/aromatic N) is 2. The Kier molecular flexibility index (Phi) is 5.86. The number of ether oxygens (including phenoxy) is 1. The van der Waals surface area contributed by atoms with Gasteiger partial charge in [-0.1, -0.05) is 30.3 Å². The standard InChI is InChI=1S/C21H23N3O3/c1-3-27-18-11-7-4-8-15(18)12-13-20(25)24(2)14-19-22-17-10-6-5-9-16(17)21(26)23-19/h4-11H,3,12-14H2,1-2H3,(H,22,23,26). The number of hydrogen-bond acceptors (Lipinski definition) is 4. The summed E-state index contributed by atoms with van der Waals surface area (Å²) in [5.74, 6) is 1.28. The van der Waals surface area contributed by atoms with Crippen LogP contribution in [0.15, 0.2) is 53.3 Å². The highest BCUT2D eigenvalue weighted by atomic mass is 16.5. The fraction of sp³-hybridized carbons (Fsp3) is 0.286. The van der Waals surface area contributed by atoms with Crippen LogP contribution in [0, 0.1) is 0 Å². The van der Waals surface area contributed by atoms with Crippen LogP contribution in [0.2, 0.25) is 0 Å². The second-order valence-electron chi connectivity index (χ2n) is 6.32. The maximum atomic E-state index is 12.5. The van der Waals surface area contributed by atoms with Gasteiger partial charge in [0.1, 0.15) is 11.6 Å². The smallest absolute Gasteiger partial charge is 0.258 e. The van der Waals surface area contributed by atoms with E-state index in [0.717, 1.165) is 11.3 Å². The summed E-state index contributed by atoms with van der Waals surface area (Å²) < 4.78 is 5.60. The van der Waals surface area contributed by atoms with Gasteiger partial charge >= 0.3 is 0 Å². The Morgan fingerprint density at radius 1 is 1.15 bits per heavy atom. The molecule has 6 heteroatoms. The number of H-pyrrole nitrogens is 1. The molecule has 0 saturated carbocycles. The molecule has 1 aromatic heterocycles. The lowest BCUT2D eigenvalue weighted by molar-refractivity contribution is -0.130. The fourth-order valence-corrected chi connectivity index (χ4v) is 2.96. The lowest BCUT2D eigenvalue weighted by atomic mass is 10.1. The highest BCUT2D eigenvalue weighted by Gasteiger charge is 2.13. The minimum Gasteiger partial charge on any atom is -0.494 e. The van der Waals surface area contributed by atoms with Crippen LogP contribution in [0.3, 0.4) is 0 Å². The number of carbonyl (C=O) groups is 1. The average molecular weight is 365 g/mol. The van der Waals surface area contributed by atoms with Crippen molar-refractivity contribution in [2.45, 2.75) is 26.3 Å². The summed E-state index contributed by atoms with van der Waals surface area (Å²) in [7, 11) is 1.71. The predicted octanol–water partition coefficient (Wildman–Crippen LogP) is 2.91. The van der Waals surface area contributed by atoms with E-state index in [1.807, 2.05) is 37.3 Å². The van der Waals surface area contributed by atoms with Crippen LogP contribution in [0.25, 0.3) is 10.9 Å². The van der Waals surface area contributed by atoms with Gasteiger partial charge in [-0.05, 0) is 37.1 Å². The molecule has 0 spiro atoms. The Bertz CT molecular complexity index is 997. The van der Waals surface area contributed by atoms with Crippen molar-refractivity contribution >= 4 is 16.8 Å². The lowest BCUT2D eigenvalue weighted by Crippen LogP contribution is -2.28. The molecule has 6 nitrogen and oxygen atoms in total. The topological polar surface area (TPSA) is 75.3 Å². The van der Waals surface area contributed by atoms with Crippen molar-refractivity contribution < 1.29 is 9.53 Å². The third-order valence-corrected chi connectivity index (χ3v) is 4.36. The van der Waals surface area contributed by atoms with E-state index in [1.54, 1.807) is 30.1 Å². The molecule has 2 aromatic carbocycles. The van der Waals surface area contributed by atoms with E-state index in [2.05, 4.69) is 9.97 Å². The Morgan fingerprint density at radius 3 is 2.70 bits per heavy atom. The average Bonchev–Trinajstić information content (AvgIpc) is 2.67. The number of carbonyl (C=O) groups excluding carboxylic acids is 1. The first kappa shape index (κ1) is 18.6. The fourth-order valence-electron chi connectivity index (χ4n) is 2.96. The molecule has 0 unspecified atom stereocenters. The Morgan fingerprint density at radius 2 is 1.89 bits per heavy atom. The third-order valence-electron chi connectivity index (χ3n) is 4.36. The van der Waals surface area contributed by atoms with E-state index in [1.165, 1.54) is 0 Å². The molecule has 27 heavy (non-hydrogen) atoms. The van der Waals surface area contributed by atoms with Gasteiger partial charge in [0.2, 0.25) is 5.91 Å². The van der Waals surface area contributed by atoms with Crippen LogP contribution in [-0.4, -0.2) is 34.4 Å². The van der Waals surface area contributed by atoms with Crippen molar-refractivity contribution in [3.05, 3.63) is 70.3 Å². The number of nitrogens with one attached hydrogen (secondary N) is 1. The van der Waals surface area contributed by atoms with Gasteiger partial charge in [-0.2, -0.15) is 0 Å². The highest BCUT2D eigenvalue weighted by molar-refractivity contribution is 5.78. The molecule has 0 atom stereocenters. The van der Waals surface area contributed by atoms with Gasteiger partial charge in [-0.25, -0.2) is 4.98 Å². The van der Waals surface area contributed by atoms with E-state index in [4.69, 9.17) is 4.74 Å². The second-order valence-corrected chi connectivity index (χ2v) is 6.32. The first-order chi connectivity index (χ1) is 13.1. The summed E-state index contributed by atoms with van der Waals surface area (Å²) in [6.45, 7) is 2.78. The predicted molar refractivity (Wildman–Crippen MR) is 105 cm³/mol. The van der Waals surface area contributed by atoms with Crippen molar-refractivity contribution in [1.82, 2.24) is 14.9 Å². The number of hydrogen-bond donors (Lipinski definition) is 1. The SMILES string of the molecule is CCOc1ccccc1CCC(=O)N(C)Cc1nc2ccccc2c(=O)[nH]1. The second kappa shape index (κ2) is 8.49. The molecule has 140 valence electrons. The van der Waals surface area contributed by atoms with E-state index < -0.39 is 0 Å². The molecule has 3 aromatic rings. The number of benzene rings is 2. The van der Waals surface area contributed by atoms with E-state index in [-0.39, 0.29) is 18.0 Å². The van der Waals surface area contributed by atoms with Crippen LogP contribution < -0.4 is 10.3 Å². The monoisotopic (exact) mass is 365 g/mol. The van der Waals surface area contributed by atoms with Crippen molar-refractivity contribution in [3.8, 4) is 5.75 Å². The van der Waals surface area contributed by atoms with Gasteiger partial charge in [-0.3, -0.25) is 9.59 Å². The summed E-state index contributed by atoms with van der Waals surface area (Å²) in [6, 6.07) is 14.9. The first-order valence-electron chi connectivity index (χ1n) is 9.01. The summed E-state index contributed by atoms with van der Waals surface area (Å²) in [6.07, 6.45) is 0.958. The van der Waals surface area contributed by atoms with Crippen LogP contribution >= 0.6 is 0 Å². The molecular weight excluding hydrogens is 342 g/mol. The van der Waals surface area contributed by atoms with E-state index in [9.17, 15) is 9.59 Å². The van der Waals surface area contributed by atoms with Gasteiger partial charge in [-0.15, -0.1) is 0 Å². The summed E-state index contributed by atoms with van der Waals surface area (Å²) in [5.41, 5.74) is 1.45. The quantitative estimate of drug-likeness (QED) is 0.698. The zero-order valence-electron chi connectivity index (χ0n) is 15.6. The molecule has 0 bridgehead atoms. The largest absolute Gasteiger partial charge is 0.494 e. The van der Waals surface area contributed by atoms with Gasteiger partial charge < -0.3 is 14.6 Å². The molecule has 0 aliphatic heterocycles. The normalized spacial score (nSPS) is 10.7. The van der Waals surface area contributed by atoms with Crippen LogP contribution in [0.1, 0.15) is 24.7 Å². The zero-order chi connectivity index (χ0) is 19.2. The minimum absolute atomic E-state index is 0.0166. The molecule has 0 saturated heterocycles.